The van der Waals surface area contributed by atoms with Crippen LogP contribution in [0, 0.1) is 5.92 Å². The molecule has 1 N–H and O–H groups in total. The number of carbonyl (C=O) groups excluding carboxylic acids is 1. The number of aromatic nitrogens is 3. The van der Waals surface area contributed by atoms with Crippen molar-refractivity contribution in [3.63, 3.8) is 0 Å². The van der Waals surface area contributed by atoms with Gasteiger partial charge in [-0.3, -0.25) is 4.79 Å². The maximum Gasteiger partial charge on any atom is 0.225 e. The van der Waals surface area contributed by atoms with Crippen molar-refractivity contribution in [3.8, 4) is 0 Å². The predicted octanol–water partition coefficient (Wildman–Crippen LogP) is 4.07. The van der Waals surface area contributed by atoms with Gasteiger partial charge in [-0.2, -0.15) is 0 Å². The molecule has 2 aliphatic heterocycles. The van der Waals surface area contributed by atoms with Crippen LogP contribution in [0.1, 0.15) is 63.1 Å². The van der Waals surface area contributed by atoms with Gasteiger partial charge in [0.25, 0.3) is 0 Å². The van der Waals surface area contributed by atoms with E-state index in [9.17, 15) is 4.79 Å². The molecule has 0 unspecified atom stereocenters. The van der Waals surface area contributed by atoms with Crippen LogP contribution in [0.4, 0.5) is 10.9 Å². The number of likely N-dealkylation sites (tertiary alicyclic amines) is 2. The molecule has 0 aliphatic carbocycles. The lowest BCUT2D eigenvalue weighted by Crippen LogP contribution is -2.47. The minimum atomic E-state index is 0.180. The first-order chi connectivity index (χ1) is 15.0. The molecular formula is C23H34N6OS. The van der Waals surface area contributed by atoms with Gasteiger partial charge < -0.3 is 15.1 Å². The van der Waals surface area contributed by atoms with Crippen LogP contribution in [0.25, 0.3) is 0 Å². The summed E-state index contributed by atoms with van der Waals surface area (Å²) in [5.74, 6) is 1.61. The Morgan fingerprint density at radius 2 is 2.00 bits per heavy atom. The standard InChI is InChI=1S/C23H34N6OS/c1-4-21-26-27-23(31-21)25-20-9-5-8-19(24-20)18-7-6-12-29(15-18)22(30)17-10-13-28(14-11-17)16(2)3/h5,8-9,16-18H,4,6-7,10-15H2,1-3H3,(H,24,25,27)/t18-/m1/s1. The van der Waals surface area contributed by atoms with Gasteiger partial charge in [-0.05, 0) is 71.2 Å². The van der Waals surface area contributed by atoms with Gasteiger partial charge in [0.15, 0.2) is 0 Å². The number of aryl methyl sites for hydroxylation is 1. The summed E-state index contributed by atoms with van der Waals surface area (Å²) in [4.78, 5) is 22.6. The fourth-order valence-electron chi connectivity index (χ4n) is 4.64. The average molecular weight is 443 g/mol. The Bertz CT molecular complexity index is 876. The van der Waals surface area contributed by atoms with Gasteiger partial charge in [-0.1, -0.05) is 24.3 Å². The van der Waals surface area contributed by atoms with Gasteiger partial charge in [-0.15, -0.1) is 10.2 Å². The van der Waals surface area contributed by atoms with Gasteiger partial charge in [-0.25, -0.2) is 4.98 Å². The Morgan fingerprint density at radius 3 is 2.71 bits per heavy atom. The number of anilines is 2. The van der Waals surface area contributed by atoms with Crippen molar-refractivity contribution in [1.82, 2.24) is 25.0 Å². The summed E-state index contributed by atoms with van der Waals surface area (Å²) in [7, 11) is 0. The SMILES string of the molecule is CCc1nnc(Nc2cccc([C@@H]3CCCN(C(=O)C4CCN(C(C)C)CC4)C3)n2)s1. The number of pyridine rings is 1. The third-order valence-corrected chi connectivity index (χ3v) is 7.52. The van der Waals surface area contributed by atoms with E-state index in [4.69, 9.17) is 4.98 Å². The van der Waals surface area contributed by atoms with E-state index >= 15 is 0 Å². The number of hydrogen-bond donors (Lipinski definition) is 1. The Balaban J connectivity index is 1.37. The Hall–Kier alpha value is -2.06. The molecule has 0 bridgehead atoms. The highest BCUT2D eigenvalue weighted by atomic mass is 32.1. The van der Waals surface area contributed by atoms with E-state index in [-0.39, 0.29) is 11.8 Å². The highest BCUT2D eigenvalue weighted by molar-refractivity contribution is 7.15. The molecule has 2 aromatic rings. The number of nitrogens with one attached hydrogen (secondary N) is 1. The molecule has 4 heterocycles. The van der Waals surface area contributed by atoms with Crippen molar-refractivity contribution in [1.29, 1.82) is 0 Å². The van der Waals surface area contributed by atoms with E-state index < -0.39 is 0 Å². The number of nitrogens with zero attached hydrogens (tertiary/aromatic N) is 5. The van der Waals surface area contributed by atoms with Crippen LogP contribution in [0.5, 0.6) is 0 Å². The van der Waals surface area contributed by atoms with E-state index in [0.717, 1.165) is 79.9 Å². The Morgan fingerprint density at radius 1 is 1.19 bits per heavy atom. The zero-order valence-corrected chi connectivity index (χ0v) is 19.7. The van der Waals surface area contributed by atoms with E-state index in [1.807, 2.05) is 12.1 Å². The van der Waals surface area contributed by atoms with Gasteiger partial charge in [0, 0.05) is 36.7 Å². The first-order valence-corrected chi connectivity index (χ1v) is 12.4. The number of amides is 1. The molecule has 0 radical (unpaired) electrons. The summed E-state index contributed by atoms with van der Waals surface area (Å²) < 4.78 is 0. The minimum Gasteiger partial charge on any atom is -0.342 e. The molecule has 4 rings (SSSR count). The lowest BCUT2D eigenvalue weighted by Gasteiger charge is -2.38. The highest BCUT2D eigenvalue weighted by Crippen LogP contribution is 2.30. The van der Waals surface area contributed by atoms with E-state index in [0.29, 0.717) is 11.9 Å². The van der Waals surface area contributed by atoms with Gasteiger partial charge in [0.1, 0.15) is 10.8 Å². The number of piperidine rings is 2. The van der Waals surface area contributed by atoms with Crippen molar-refractivity contribution in [2.24, 2.45) is 5.92 Å². The maximum atomic E-state index is 13.2. The molecule has 0 saturated carbocycles. The smallest absolute Gasteiger partial charge is 0.225 e. The second-order valence-electron chi connectivity index (χ2n) is 8.95. The normalized spacial score (nSPS) is 20.9. The Kier molecular flexibility index (Phi) is 7.17. The van der Waals surface area contributed by atoms with E-state index in [1.54, 1.807) is 11.3 Å². The lowest BCUT2D eigenvalue weighted by atomic mass is 9.90. The molecule has 1 amide bonds. The molecule has 7 nitrogen and oxygen atoms in total. The van der Waals surface area contributed by atoms with Crippen LogP contribution in [0.2, 0.25) is 0 Å². The topological polar surface area (TPSA) is 74.2 Å². The Labute approximate surface area is 189 Å². The van der Waals surface area contributed by atoms with Gasteiger partial charge >= 0.3 is 0 Å². The molecule has 168 valence electrons. The largest absolute Gasteiger partial charge is 0.342 e. The van der Waals surface area contributed by atoms with E-state index in [1.165, 1.54) is 0 Å². The predicted molar refractivity (Wildman–Crippen MR) is 125 cm³/mol. The number of rotatable bonds is 6. The second-order valence-corrected chi connectivity index (χ2v) is 10.0. The summed E-state index contributed by atoms with van der Waals surface area (Å²) in [5.41, 5.74) is 1.05. The summed E-state index contributed by atoms with van der Waals surface area (Å²) in [6.07, 6.45) is 4.96. The molecule has 8 heteroatoms. The van der Waals surface area contributed by atoms with Crippen LogP contribution < -0.4 is 5.32 Å². The molecule has 0 aromatic carbocycles. The molecule has 2 saturated heterocycles. The zero-order valence-electron chi connectivity index (χ0n) is 18.9. The molecule has 31 heavy (non-hydrogen) atoms. The van der Waals surface area contributed by atoms with Crippen molar-refractivity contribution in [2.45, 2.75) is 64.8 Å². The molecule has 2 aromatic heterocycles. The van der Waals surface area contributed by atoms with Crippen molar-refractivity contribution in [3.05, 3.63) is 28.9 Å². The molecular weight excluding hydrogens is 408 g/mol. The number of hydrogen-bond acceptors (Lipinski definition) is 7. The van der Waals surface area contributed by atoms with Crippen LogP contribution in [0.15, 0.2) is 18.2 Å². The average Bonchev–Trinajstić information content (AvgIpc) is 3.26. The highest BCUT2D eigenvalue weighted by Gasteiger charge is 2.32. The second kappa shape index (κ2) is 10.0. The number of carbonyl (C=O) groups is 1. The fraction of sp³-hybridized carbons (Fsp3) is 0.652. The summed E-state index contributed by atoms with van der Waals surface area (Å²) >= 11 is 1.56. The molecule has 1 atom stereocenters. The van der Waals surface area contributed by atoms with Crippen molar-refractivity contribution < 1.29 is 4.79 Å². The van der Waals surface area contributed by atoms with Crippen molar-refractivity contribution >= 4 is 28.2 Å². The fourth-order valence-corrected chi connectivity index (χ4v) is 5.33. The molecule has 2 aliphatic rings. The van der Waals surface area contributed by atoms with Gasteiger partial charge in [0.2, 0.25) is 11.0 Å². The molecule has 0 spiro atoms. The van der Waals surface area contributed by atoms with Crippen LogP contribution >= 0.6 is 11.3 Å². The summed E-state index contributed by atoms with van der Waals surface area (Å²) in [6, 6.07) is 6.65. The minimum absolute atomic E-state index is 0.180. The van der Waals surface area contributed by atoms with Crippen LogP contribution in [-0.2, 0) is 11.2 Å². The first-order valence-electron chi connectivity index (χ1n) is 11.6. The van der Waals surface area contributed by atoms with Crippen LogP contribution in [-0.4, -0.2) is 63.1 Å². The quantitative estimate of drug-likeness (QED) is 0.727. The zero-order chi connectivity index (χ0) is 21.8. The molecule has 2 fully saturated rings. The third-order valence-electron chi connectivity index (χ3n) is 6.54. The van der Waals surface area contributed by atoms with Gasteiger partial charge in [0.05, 0.1) is 0 Å². The van der Waals surface area contributed by atoms with Crippen molar-refractivity contribution in [2.75, 3.05) is 31.5 Å². The third kappa shape index (κ3) is 5.41. The summed E-state index contributed by atoms with van der Waals surface area (Å²) in [5, 5.41) is 13.4. The maximum absolute atomic E-state index is 13.2. The first kappa shape index (κ1) is 22.1. The summed E-state index contributed by atoms with van der Waals surface area (Å²) in [6.45, 7) is 10.3. The lowest BCUT2D eigenvalue weighted by molar-refractivity contribution is -0.138. The van der Waals surface area contributed by atoms with Crippen LogP contribution in [0.3, 0.4) is 0 Å². The van der Waals surface area contributed by atoms with E-state index in [2.05, 4.69) is 52.2 Å². The monoisotopic (exact) mass is 442 g/mol.